The maximum absolute atomic E-state index is 12.3. The van der Waals surface area contributed by atoms with Gasteiger partial charge in [0.25, 0.3) is 0 Å². The molecular weight excluding hydrogens is 320 g/mol. The highest BCUT2D eigenvalue weighted by Crippen LogP contribution is 2.21. The van der Waals surface area contributed by atoms with E-state index in [1.165, 1.54) is 7.11 Å². The molecule has 2 aromatic rings. The molecule has 0 atom stereocenters. The summed E-state index contributed by atoms with van der Waals surface area (Å²) in [5.74, 6) is 0.320. The summed E-state index contributed by atoms with van der Waals surface area (Å²) in [6, 6.07) is 12.7. The number of methoxy groups -OCH3 is 2. The average molecular weight is 342 g/mol. The van der Waals surface area contributed by atoms with E-state index in [-0.39, 0.29) is 24.8 Å². The highest BCUT2D eigenvalue weighted by atomic mass is 16.5. The number of hydrogen-bond donors (Lipinski definition) is 2. The predicted octanol–water partition coefficient (Wildman–Crippen LogP) is 2.77. The zero-order valence-electron chi connectivity index (χ0n) is 14.6. The summed E-state index contributed by atoms with van der Waals surface area (Å²) in [4.78, 5) is 23.9. The Morgan fingerprint density at radius 2 is 1.80 bits per heavy atom. The first-order chi connectivity index (χ1) is 12.0. The predicted molar refractivity (Wildman–Crippen MR) is 97.0 cm³/mol. The first-order valence-corrected chi connectivity index (χ1v) is 7.84. The molecule has 0 heterocycles. The van der Waals surface area contributed by atoms with E-state index in [9.17, 15) is 9.59 Å². The molecule has 2 aromatic carbocycles. The Kier molecular flexibility index (Phi) is 6.54. The molecular formula is C19H22N2O4. The monoisotopic (exact) mass is 342 g/mol. The number of aryl methyl sites for hydroxylation is 1. The van der Waals surface area contributed by atoms with Gasteiger partial charge in [0.2, 0.25) is 11.8 Å². The highest BCUT2D eigenvalue weighted by molar-refractivity contribution is 5.95. The molecule has 0 bridgehead atoms. The summed E-state index contributed by atoms with van der Waals surface area (Å²) in [5.41, 5.74) is 3.02. The number of amides is 2. The third-order valence-corrected chi connectivity index (χ3v) is 3.57. The fourth-order valence-electron chi connectivity index (χ4n) is 2.32. The van der Waals surface area contributed by atoms with E-state index in [4.69, 9.17) is 9.47 Å². The van der Waals surface area contributed by atoms with Gasteiger partial charge in [-0.05, 0) is 42.3 Å². The molecule has 2 amide bonds. The van der Waals surface area contributed by atoms with Crippen LogP contribution in [0.1, 0.15) is 11.1 Å². The van der Waals surface area contributed by atoms with Crippen LogP contribution in [-0.2, 0) is 20.7 Å². The Hall–Kier alpha value is -2.86. The molecule has 132 valence electrons. The summed E-state index contributed by atoms with van der Waals surface area (Å²) < 4.78 is 9.95. The lowest BCUT2D eigenvalue weighted by Gasteiger charge is -2.12. The molecule has 0 saturated carbocycles. The van der Waals surface area contributed by atoms with Gasteiger partial charge in [-0.25, -0.2) is 0 Å². The molecule has 25 heavy (non-hydrogen) atoms. The van der Waals surface area contributed by atoms with E-state index in [1.807, 2.05) is 37.3 Å². The van der Waals surface area contributed by atoms with E-state index < -0.39 is 0 Å². The summed E-state index contributed by atoms with van der Waals surface area (Å²) >= 11 is 0. The number of benzene rings is 2. The largest absolute Gasteiger partial charge is 0.497 e. The van der Waals surface area contributed by atoms with Crippen molar-refractivity contribution in [3.05, 3.63) is 53.6 Å². The van der Waals surface area contributed by atoms with Crippen molar-refractivity contribution < 1.29 is 19.1 Å². The molecule has 0 spiro atoms. The van der Waals surface area contributed by atoms with Gasteiger partial charge in [0, 0.05) is 18.5 Å². The minimum atomic E-state index is -0.250. The Morgan fingerprint density at radius 3 is 2.52 bits per heavy atom. The van der Waals surface area contributed by atoms with Crippen molar-refractivity contribution in [3.63, 3.8) is 0 Å². The maximum atomic E-state index is 12.3. The number of nitrogens with one attached hydrogen (secondary N) is 2. The normalized spacial score (nSPS) is 10.2. The fourth-order valence-corrected chi connectivity index (χ4v) is 2.32. The Labute approximate surface area is 147 Å². The SMILES string of the molecule is COCC(=O)Nc1ccc(C)c(NC(=O)Cc2cccc(OC)c2)c1. The number of rotatable bonds is 7. The molecule has 6 nitrogen and oxygen atoms in total. The van der Waals surface area contributed by atoms with Crippen molar-refractivity contribution in [2.24, 2.45) is 0 Å². The average Bonchev–Trinajstić information content (AvgIpc) is 2.58. The summed E-state index contributed by atoms with van der Waals surface area (Å²) in [6.45, 7) is 1.87. The van der Waals surface area contributed by atoms with E-state index in [0.717, 1.165) is 11.1 Å². The fraction of sp³-hybridized carbons (Fsp3) is 0.263. The van der Waals surface area contributed by atoms with Gasteiger partial charge in [0.1, 0.15) is 12.4 Å². The zero-order valence-corrected chi connectivity index (χ0v) is 14.6. The van der Waals surface area contributed by atoms with E-state index >= 15 is 0 Å². The van der Waals surface area contributed by atoms with Gasteiger partial charge in [-0.15, -0.1) is 0 Å². The molecule has 2 rings (SSSR count). The summed E-state index contributed by atoms with van der Waals surface area (Å²) in [6.07, 6.45) is 0.233. The van der Waals surface area contributed by atoms with Crippen molar-refractivity contribution in [1.29, 1.82) is 0 Å². The summed E-state index contributed by atoms with van der Waals surface area (Å²) in [7, 11) is 3.05. The molecule has 6 heteroatoms. The number of hydrogen-bond acceptors (Lipinski definition) is 4. The molecule has 0 aromatic heterocycles. The lowest BCUT2D eigenvalue weighted by molar-refractivity contribution is -0.119. The Bertz CT molecular complexity index is 759. The second kappa shape index (κ2) is 8.84. The molecule has 0 saturated heterocycles. The highest BCUT2D eigenvalue weighted by Gasteiger charge is 2.09. The van der Waals surface area contributed by atoms with Gasteiger partial charge in [-0.1, -0.05) is 18.2 Å². The van der Waals surface area contributed by atoms with Gasteiger partial charge in [0.15, 0.2) is 0 Å². The minimum absolute atomic E-state index is 0.0224. The first-order valence-electron chi connectivity index (χ1n) is 7.84. The van der Waals surface area contributed by atoms with Crippen LogP contribution < -0.4 is 15.4 Å². The zero-order chi connectivity index (χ0) is 18.2. The van der Waals surface area contributed by atoms with Crippen molar-refractivity contribution in [2.45, 2.75) is 13.3 Å². The Morgan fingerprint density at radius 1 is 1.00 bits per heavy atom. The molecule has 0 aliphatic heterocycles. The van der Waals surface area contributed by atoms with E-state index in [0.29, 0.717) is 17.1 Å². The van der Waals surface area contributed by atoms with Crippen LogP contribution in [0.2, 0.25) is 0 Å². The van der Waals surface area contributed by atoms with Crippen LogP contribution in [-0.4, -0.2) is 32.6 Å². The van der Waals surface area contributed by atoms with Crippen LogP contribution >= 0.6 is 0 Å². The third-order valence-electron chi connectivity index (χ3n) is 3.57. The first kappa shape index (κ1) is 18.5. The molecule has 2 N–H and O–H groups in total. The molecule has 0 unspecified atom stereocenters. The van der Waals surface area contributed by atoms with E-state index in [1.54, 1.807) is 19.2 Å². The van der Waals surface area contributed by atoms with Gasteiger partial charge in [-0.3, -0.25) is 9.59 Å². The second-order valence-electron chi connectivity index (χ2n) is 5.59. The topological polar surface area (TPSA) is 76.7 Å². The minimum Gasteiger partial charge on any atom is -0.497 e. The number of carbonyl (C=O) groups is 2. The van der Waals surface area contributed by atoms with Gasteiger partial charge in [0.05, 0.1) is 13.5 Å². The lowest BCUT2D eigenvalue weighted by atomic mass is 10.1. The quantitative estimate of drug-likeness (QED) is 0.811. The summed E-state index contributed by atoms with van der Waals surface area (Å²) in [5, 5.41) is 5.60. The van der Waals surface area contributed by atoms with Crippen molar-refractivity contribution >= 4 is 23.2 Å². The van der Waals surface area contributed by atoms with Crippen LogP contribution in [0, 0.1) is 6.92 Å². The van der Waals surface area contributed by atoms with Crippen molar-refractivity contribution in [3.8, 4) is 5.75 Å². The number of anilines is 2. The second-order valence-corrected chi connectivity index (χ2v) is 5.59. The van der Waals surface area contributed by atoms with Crippen molar-refractivity contribution in [1.82, 2.24) is 0 Å². The van der Waals surface area contributed by atoms with Crippen LogP contribution in [0.15, 0.2) is 42.5 Å². The van der Waals surface area contributed by atoms with Crippen molar-refractivity contribution in [2.75, 3.05) is 31.5 Å². The number of ether oxygens (including phenoxy) is 2. The molecule has 0 radical (unpaired) electrons. The van der Waals surface area contributed by atoms with Crippen LogP contribution in [0.4, 0.5) is 11.4 Å². The van der Waals surface area contributed by atoms with Gasteiger partial charge in [-0.2, -0.15) is 0 Å². The maximum Gasteiger partial charge on any atom is 0.250 e. The molecule has 0 aliphatic carbocycles. The smallest absolute Gasteiger partial charge is 0.250 e. The standard InChI is InChI=1S/C19H22N2O4/c1-13-7-8-15(20-19(23)12-24-2)11-17(13)21-18(22)10-14-5-4-6-16(9-14)25-3/h4-9,11H,10,12H2,1-3H3,(H,20,23)(H,21,22). The van der Waals surface area contributed by atoms with Gasteiger partial charge >= 0.3 is 0 Å². The molecule has 0 aliphatic rings. The molecule has 0 fully saturated rings. The van der Waals surface area contributed by atoms with E-state index in [2.05, 4.69) is 10.6 Å². The van der Waals surface area contributed by atoms with Crippen LogP contribution in [0.3, 0.4) is 0 Å². The Balaban J connectivity index is 2.05. The third kappa shape index (κ3) is 5.61. The number of carbonyl (C=O) groups excluding carboxylic acids is 2. The van der Waals surface area contributed by atoms with Crippen LogP contribution in [0.25, 0.3) is 0 Å². The van der Waals surface area contributed by atoms with Gasteiger partial charge < -0.3 is 20.1 Å². The lowest BCUT2D eigenvalue weighted by Crippen LogP contribution is -2.18. The van der Waals surface area contributed by atoms with Crippen LogP contribution in [0.5, 0.6) is 5.75 Å².